The summed E-state index contributed by atoms with van der Waals surface area (Å²) in [6.45, 7) is -0.0726. The number of nitrogens with zero attached hydrogens (tertiary/aromatic N) is 2. The SMILES string of the molecule is O=S(=O)(Nc1nccnc1-c1ccc(CO)cc1)c1ccc(Cl)cc1. The topological polar surface area (TPSA) is 92.2 Å². The highest BCUT2D eigenvalue weighted by molar-refractivity contribution is 7.92. The molecular formula is C17H14ClN3O3S. The van der Waals surface area contributed by atoms with Crippen LogP contribution < -0.4 is 4.72 Å². The number of nitrogens with one attached hydrogen (secondary N) is 1. The Kier molecular flexibility index (Phi) is 4.98. The first-order chi connectivity index (χ1) is 12.0. The van der Waals surface area contributed by atoms with E-state index >= 15 is 0 Å². The van der Waals surface area contributed by atoms with Gasteiger partial charge in [0.15, 0.2) is 5.82 Å². The third kappa shape index (κ3) is 3.96. The summed E-state index contributed by atoms with van der Waals surface area (Å²) in [5.74, 6) is 0.120. The average molecular weight is 376 g/mol. The number of aromatic nitrogens is 2. The first-order valence-corrected chi connectivity index (χ1v) is 9.15. The number of hydrogen-bond donors (Lipinski definition) is 2. The molecule has 0 aliphatic rings. The van der Waals surface area contributed by atoms with Gasteiger partial charge in [-0.15, -0.1) is 0 Å². The smallest absolute Gasteiger partial charge is 0.263 e. The van der Waals surface area contributed by atoms with Crippen molar-refractivity contribution >= 4 is 27.4 Å². The number of sulfonamides is 1. The predicted molar refractivity (Wildman–Crippen MR) is 95.7 cm³/mol. The monoisotopic (exact) mass is 375 g/mol. The predicted octanol–water partition coefficient (Wildman–Crippen LogP) is 3.09. The van der Waals surface area contributed by atoms with Crippen LogP contribution in [-0.2, 0) is 16.6 Å². The van der Waals surface area contributed by atoms with E-state index in [0.717, 1.165) is 5.56 Å². The van der Waals surface area contributed by atoms with Gasteiger partial charge in [0.1, 0.15) is 5.69 Å². The average Bonchev–Trinajstić information content (AvgIpc) is 2.62. The van der Waals surface area contributed by atoms with Crippen LogP contribution in [0.3, 0.4) is 0 Å². The number of aliphatic hydroxyl groups excluding tert-OH is 1. The van der Waals surface area contributed by atoms with E-state index in [-0.39, 0.29) is 17.3 Å². The molecule has 0 spiro atoms. The highest BCUT2D eigenvalue weighted by Crippen LogP contribution is 2.26. The Morgan fingerprint density at radius 3 is 2.24 bits per heavy atom. The second-order valence-corrected chi connectivity index (χ2v) is 7.29. The van der Waals surface area contributed by atoms with Gasteiger partial charge in [0.25, 0.3) is 10.0 Å². The number of hydrogen-bond acceptors (Lipinski definition) is 5. The van der Waals surface area contributed by atoms with E-state index in [4.69, 9.17) is 16.7 Å². The zero-order chi connectivity index (χ0) is 17.9. The third-order valence-electron chi connectivity index (χ3n) is 3.46. The minimum absolute atomic E-state index is 0.0726. The van der Waals surface area contributed by atoms with Gasteiger partial charge < -0.3 is 5.11 Å². The Hall–Kier alpha value is -2.48. The number of aliphatic hydroxyl groups is 1. The minimum atomic E-state index is -3.82. The Morgan fingerprint density at radius 2 is 1.60 bits per heavy atom. The summed E-state index contributed by atoms with van der Waals surface area (Å²) in [6.07, 6.45) is 2.89. The zero-order valence-electron chi connectivity index (χ0n) is 12.9. The summed E-state index contributed by atoms with van der Waals surface area (Å²) in [5.41, 5.74) is 1.82. The molecule has 0 amide bonds. The maximum absolute atomic E-state index is 12.5. The molecule has 0 radical (unpaired) electrons. The number of halogens is 1. The van der Waals surface area contributed by atoms with Gasteiger partial charge in [0.2, 0.25) is 0 Å². The van der Waals surface area contributed by atoms with Gasteiger partial charge in [-0.2, -0.15) is 0 Å². The van der Waals surface area contributed by atoms with Crippen LogP contribution in [0.1, 0.15) is 5.56 Å². The van der Waals surface area contributed by atoms with Gasteiger partial charge in [-0.1, -0.05) is 35.9 Å². The van der Waals surface area contributed by atoms with Crippen LogP contribution in [0, 0.1) is 0 Å². The van der Waals surface area contributed by atoms with E-state index in [2.05, 4.69) is 14.7 Å². The summed E-state index contributed by atoms with van der Waals surface area (Å²) in [6, 6.07) is 12.8. The van der Waals surface area contributed by atoms with Crippen molar-refractivity contribution in [1.29, 1.82) is 0 Å². The van der Waals surface area contributed by atoms with Gasteiger partial charge in [-0.3, -0.25) is 9.71 Å². The molecule has 128 valence electrons. The lowest BCUT2D eigenvalue weighted by Gasteiger charge is -2.11. The molecule has 0 aliphatic heterocycles. The molecule has 3 rings (SSSR count). The Bertz CT molecular complexity index is 975. The molecule has 0 aliphatic carbocycles. The van der Waals surface area contributed by atoms with Gasteiger partial charge in [0.05, 0.1) is 11.5 Å². The molecule has 6 nitrogen and oxygen atoms in total. The lowest BCUT2D eigenvalue weighted by atomic mass is 10.1. The first kappa shape index (κ1) is 17.3. The minimum Gasteiger partial charge on any atom is -0.392 e. The maximum Gasteiger partial charge on any atom is 0.263 e. The molecule has 0 atom stereocenters. The summed E-state index contributed by atoms with van der Waals surface area (Å²) in [5, 5.41) is 9.57. The van der Waals surface area contributed by atoms with Crippen molar-refractivity contribution in [1.82, 2.24) is 9.97 Å². The summed E-state index contributed by atoms with van der Waals surface area (Å²) in [7, 11) is -3.82. The van der Waals surface area contributed by atoms with Crippen molar-refractivity contribution in [2.75, 3.05) is 4.72 Å². The van der Waals surface area contributed by atoms with Crippen LogP contribution >= 0.6 is 11.6 Å². The van der Waals surface area contributed by atoms with Crippen molar-refractivity contribution in [3.05, 3.63) is 71.5 Å². The molecule has 3 aromatic rings. The fourth-order valence-electron chi connectivity index (χ4n) is 2.19. The Labute approximate surface area is 150 Å². The molecule has 0 saturated heterocycles. The fraction of sp³-hybridized carbons (Fsp3) is 0.0588. The van der Waals surface area contributed by atoms with Crippen LogP contribution in [0.25, 0.3) is 11.3 Å². The normalized spacial score (nSPS) is 11.3. The van der Waals surface area contributed by atoms with Crippen LogP contribution in [0.2, 0.25) is 5.02 Å². The molecule has 1 heterocycles. The molecule has 0 saturated carbocycles. The summed E-state index contributed by atoms with van der Waals surface area (Å²) >= 11 is 5.80. The van der Waals surface area contributed by atoms with Crippen LogP contribution in [-0.4, -0.2) is 23.5 Å². The third-order valence-corrected chi connectivity index (χ3v) is 5.07. The summed E-state index contributed by atoms with van der Waals surface area (Å²) < 4.78 is 27.5. The summed E-state index contributed by atoms with van der Waals surface area (Å²) in [4.78, 5) is 8.39. The zero-order valence-corrected chi connectivity index (χ0v) is 14.5. The van der Waals surface area contributed by atoms with Crippen molar-refractivity contribution in [3.8, 4) is 11.3 Å². The molecule has 2 N–H and O–H groups in total. The molecule has 8 heteroatoms. The molecule has 0 fully saturated rings. The van der Waals surface area contributed by atoms with E-state index in [1.54, 1.807) is 24.3 Å². The lowest BCUT2D eigenvalue weighted by Crippen LogP contribution is -2.15. The van der Waals surface area contributed by atoms with Gasteiger partial charge >= 0.3 is 0 Å². The standard InChI is InChI=1S/C17H14ClN3O3S/c18-14-5-7-15(8-6-14)25(23,24)21-17-16(19-9-10-20-17)13-3-1-12(11-22)2-4-13/h1-10,22H,11H2,(H,20,21). The molecule has 2 aromatic carbocycles. The van der Waals surface area contributed by atoms with Gasteiger partial charge in [-0.25, -0.2) is 13.4 Å². The number of anilines is 1. The molecular weight excluding hydrogens is 362 g/mol. The Morgan fingerprint density at radius 1 is 0.960 bits per heavy atom. The number of benzene rings is 2. The highest BCUT2D eigenvalue weighted by Gasteiger charge is 2.18. The van der Waals surface area contributed by atoms with Crippen molar-refractivity contribution < 1.29 is 13.5 Å². The highest BCUT2D eigenvalue weighted by atomic mass is 35.5. The van der Waals surface area contributed by atoms with Gasteiger partial charge in [-0.05, 0) is 29.8 Å². The fourth-order valence-corrected chi connectivity index (χ4v) is 3.33. The van der Waals surface area contributed by atoms with E-state index in [9.17, 15) is 8.42 Å². The van der Waals surface area contributed by atoms with Crippen LogP contribution in [0.4, 0.5) is 5.82 Å². The molecule has 0 bridgehead atoms. The molecule has 0 unspecified atom stereocenters. The maximum atomic E-state index is 12.5. The van der Waals surface area contributed by atoms with Gasteiger partial charge in [0, 0.05) is 23.0 Å². The second-order valence-electron chi connectivity index (χ2n) is 5.17. The quantitative estimate of drug-likeness (QED) is 0.714. The molecule has 25 heavy (non-hydrogen) atoms. The van der Waals surface area contributed by atoms with Crippen molar-refractivity contribution in [3.63, 3.8) is 0 Å². The molecule has 1 aromatic heterocycles. The van der Waals surface area contributed by atoms with E-state index in [1.165, 1.54) is 36.7 Å². The lowest BCUT2D eigenvalue weighted by molar-refractivity contribution is 0.282. The van der Waals surface area contributed by atoms with E-state index < -0.39 is 10.0 Å². The Balaban J connectivity index is 1.96. The second kappa shape index (κ2) is 7.18. The van der Waals surface area contributed by atoms with Crippen molar-refractivity contribution in [2.24, 2.45) is 0 Å². The van der Waals surface area contributed by atoms with E-state index in [0.29, 0.717) is 16.3 Å². The van der Waals surface area contributed by atoms with Crippen molar-refractivity contribution in [2.45, 2.75) is 11.5 Å². The largest absolute Gasteiger partial charge is 0.392 e. The first-order valence-electron chi connectivity index (χ1n) is 7.29. The number of rotatable bonds is 5. The van der Waals surface area contributed by atoms with Crippen LogP contribution in [0.5, 0.6) is 0 Å². The van der Waals surface area contributed by atoms with Crippen LogP contribution in [0.15, 0.2) is 65.8 Å². The van der Waals surface area contributed by atoms with E-state index in [1.807, 2.05) is 0 Å².